The van der Waals surface area contributed by atoms with E-state index in [-0.39, 0.29) is 17.9 Å². The van der Waals surface area contributed by atoms with Crippen LogP contribution in [0.15, 0.2) is 0 Å². The van der Waals surface area contributed by atoms with Crippen LogP contribution in [0.1, 0.15) is 34.1 Å². The van der Waals surface area contributed by atoms with Crippen molar-refractivity contribution in [3.63, 3.8) is 0 Å². The van der Waals surface area contributed by atoms with Crippen LogP contribution < -0.4 is 10.6 Å². The summed E-state index contributed by atoms with van der Waals surface area (Å²) in [5.74, 6) is 0.0799. The molecule has 0 aromatic heterocycles. The summed E-state index contributed by atoms with van der Waals surface area (Å²) in [6.07, 6.45) is 0.820. The maximum atomic E-state index is 12.2. The number of nitrogens with zero attached hydrogens (tertiary/aromatic N) is 1. The third-order valence-corrected chi connectivity index (χ3v) is 3.26. The highest BCUT2D eigenvalue weighted by atomic mass is 16.2. The fourth-order valence-corrected chi connectivity index (χ4v) is 2.34. The molecule has 1 heterocycles. The Hall–Kier alpha value is -1.10. The Bertz CT molecular complexity index is 326. The van der Waals surface area contributed by atoms with Gasteiger partial charge in [-0.2, -0.15) is 0 Å². The van der Waals surface area contributed by atoms with Crippen molar-refractivity contribution in [3.8, 4) is 0 Å². The normalized spacial score (nSPS) is 20.7. The SMILES string of the molecule is CNC(=O)C(C)(C)CN1CCC(NC(C)C)C1=O. The van der Waals surface area contributed by atoms with Crippen LogP contribution in [0.2, 0.25) is 0 Å². The number of hydrogen-bond acceptors (Lipinski definition) is 3. The number of carbonyl (C=O) groups excluding carboxylic acids is 2. The molecule has 2 amide bonds. The summed E-state index contributed by atoms with van der Waals surface area (Å²) in [5.41, 5.74) is -0.545. The van der Waals surface area contributed by atoms with Gasteiger partial charge in [-0.25, -0.2) is 0 Å². The molecular formula is C13H25N3O2. The van der Waals surface area contributed by atoms with Crippen molar-refractivity contribution in [1.29, 1.82) is 0 Å². The molecule has 1 rings (SSSR count). The van der Waals surface area contributed by atoms with Crippen molar-refractivity contribution in [2.75, 3.05) is 20.1 Å². The van der Waals surface area contributed by atoms with Gasteiger partial charge in [0.2, 0.25) is 11.8 Å². The molecule has 1 unspecified atom stereocenters. The highest BCUT2D eigenvalue weighted by Gasteiger charge is 2.37. The van der Waals surface area contributed by atoms with Crippen LogP contribution in [0.3, 0.4) is 0 Å². The molecule has 0 saturated carbocycles. The number of rotatable bonds is 5. The Morgan fingerprint density at radius 2 is 2.11 bits per heavy atom. The lowest BCUT2D eigenvalue weighted by molar-refractivity contribution is -0.135. The minimum absolute atomic E-state index is 0.0319. The molecule has 1 aliphatic rings. The summed E-state index contributed by atoms with van der Waals surface area (Å²) in [6.45, 7) is 8.99. The van der Waals surface area contributed by atoms with Crippen LogP contribution in [0.25, 0.3) is 0 Å². The molecule has 0 aromatic carbocycles. The van der Waals surface area contributed by atoms with E-state index in [0.717, 1.165) is 13.0 Å². The summed E-state index contributed by atoms with van der Waals surface area (Å²) in [7, 11) is 1.62. The number of nitrogens with one attached hydrogen (secondary N) is 2. The molecule has 5 heteroatoms. The van der Waals surface area contributed by atoms with Crippen LogP contribution in [-0.4, -0.2) is 48.9 Å². The lowest BCUT2D eigenvalue weighted by Gasteiger charge is -2.28. The average molecular weight is 255 g/mol. The van der Waals surface area contributed by atoms with E-state index < -0.39 is 5.41 Å². The van der Waals surface area contributed by atoms with Gasteiger partial charge in [0.25, 0.3) is 0 Å². The first kappa shape index (κ1) is 15.0. The second-order valence-electron chi connectivity index (χ2n) is 5.89. The fourth-order valence-electron chi connectivity index (χ4n) is 2.34. The van der Waals surface area contributed by atoms with Gasteiger partial charge in [-0.1, -0.05) is 13.8 Å². The van der Waals surface area contributed by atoms with E-state index in [0.29, 0.717) is 12.6 Å². The standard InChI is InChI=1S/C13H25N3O2/c1-9(2)15-10-6-7-16(11(10)17)8-13(3,4)12(18)14-5/h9-10,15H,6-8H2,1-5H3,(H,14,18). The van der Waals surface area contributed by atoms with Crippen molar-refractivity contribution in [3.05, 3.63) is 0 Å². The first-order valence-electron chi connectivity index (χ1n) is 6.55. The molecule has 1 saturated heterocycles. The van der Waals surface area contributed by atoms with Crippen LogP contribution in [0.5, 0.6) is 0 Å². The minimum Gasteiger partial charge on any atom is -0.359 e. The molecule has 0 aliphatic carbocycles. The Balaban J connectivity index is 2.60. The summed E-state index contributed by atoms with van der Waals surface area (Å²) in [5, 5.41) is 5.90. The van der Waals surface area contributed by atoms with E-state index in [9.17, 15) is 9.59 Å². The van der Waals surface area contributed by atoms with Gasteiger partial charge >= 0.3 is 0 Å². The fraction of sp³-hybridized carbons (Fsp3) is 0.846. The zero-order valence-corrected chi connectivity index (χ0v) is 12.0. The van der Waals surface area contributed by atoms with Crippen molar-refractivity contribution in [2.45, 2.75) is 46.2 Å². The van der Waals surface area contributed by atoms with Crippen molar-refractivity contribution >= 4 is 11.8 Å². The lowest BCUT2D eigenvalue weighted by Crippen LogP contribution is -2.47. The topological polar surface area (TPSA) is 61.4 Å². The Morgan fingerprint density at radius 3 is 2.61 bits per heavy atom. The molecule has 1 atom stereocenters. The van der Waals surface area contributed by atoms with Crippen molar-refractivity contribution < 1.29 is 9.59 Å². The molecule has 0 bridgehead atoms. The summed E-state index contributed by atoms with van der Waals surface area (Å²) >= 11 is 0. The quantitative estimate of drug-likeness (QED) is 0.745. The van der Waals surface area contributed by atoms with E-state index >= 15 is 0 Å². The zero-order chi connectivity index (χ0) is 13.9. The maximum absolute atomic E-state index is 12.2. The highest BCUT2D eigenvalue weighted by Crippen LogP contribution is 2.21. The number of likely N-dealkylation sites (tertiary alicyclic amines) is 1. The van der Waals surface area contributed by atoms with Gasteiger partial charge in [-0.3, -0.25) is 9.59 Å². The highest BCUT2D eigenvalue weighted by molar-refractivity contribution is 5.86. The minimum atomic E-state index is -0.545. The second-order valence-corrected chi connectivity index (χ2v) is 5.89. The van der Waals surface area contributed by atoms with E-state index in [1.807, 2.05) is 27.7 Å². The van der Waals surface area contributed by atoms with Crippen LogP contribution in [0.4, 0.5) is 0 Å². The first-order valence-corrected chi connectivity index (χ1v) is 6.55. The van der Waals surface area contributed by atoms with Crippen molar-refractivity contribution in [2.24, 2.45) is 5.41 Å². The molecule has 2 N–H and O–H groups in total. The van der Waals surface area contributed by atoms with Gasteiger partial charge in [0.05, 0.1) is 11.5 Å². The molecular weight excluding hydrogens is 230 g/mol. The summed E-state index contributed by atoms with van der Waals surface area (Å²) in [6, 6.07) is 0.205. The van der Waals surface area contributed by atoms with Crippen LogP contribution >= 0.6 is 0 Å². The van der Waals surface area contributed by atoms with Gasteiger partial charge in [-0.05, 0) is 20.3 Å². The van der Waals surface area contributed by atoms with Gasteiger partial charge in [0, 0.05) is 26.2 Å². The number of hydrogen-bond donors (Lipinski definition) is 2. The smallest absolute Gasteiger partial charge is 0.239 e. The molecule has 18 heavy (non-hydrogen) atoms. The Morgan fingerprint density at radius 1 is 1.50 bits per heavy atom. The average Bonchev–Trinajstić information content (AvgIpc) is 2.59. The van der Waals surface area contributed by atoms with Gasteiger partial charge in [0.15, 0.2) is 0 Å². The number of amides is 2. The monoisotopic (exact) mass is 255 g/mol. The summed E-state index contributed by atoms with van der Waals surface area (Å²) in [4.78, 5) is 25.7. The molecule has 104 valence electrons. The maximum Gasteiger partial charge on any atom is 0.239 e. The lowest BCUT2D eigenvalue weighted by atomic mass is 9.91. The third-order valence-electron chi connectivity index (χ3n) is 3.26. The molecule has 0 spiro atoms. The van der Waals surface area contributed by atoms with E-state index in [1.54, 1.807) is 11.9 Å². The molecule has 1 fully saturated rings. The first-order chi connectivity index (χ1) is 8.27. The molecule has 5 nitrogen and oxygen atoms in total. The third kappa shape index (κ3) is 3.45. The number of carbonyl (C=O) groups is 2. The molecule has 0 radical (unpaired) electrons. The Labute approximate surface area is 109 Å². The Kier molecular flexibility index (Phi) is 4.73. The van der Waals surface area contributed by atoms with Crippen LogP contribution in [0, 0.1) is 5.41 Å². The second kappa shape index (κ2) is 5.69. The zero-order valence-electron chi connectivity index (χ0n) is 12.0. The van der Waals surface area contributed by atoms with E-state index in [1.165, 1.54) is 0 Å². The van der Waals surface area contributed by atoms with Crippen LogP contribution in [-0.2, 0) is 9.59 Å². The van der Waals surface area contributed by atoms with Crippen molar-refractivity contribution in [1.82, 2.24) is 15.5 Å². The van der Waals surface area contributed by atoms with Gasteiger partial charge in [0.1, 0.15) is 0 Å². The van der Waals surface area contributed by atoms with E-state index in [4.69, 9.17) is 0 Å². The molecule has 0 aromatic rings. The largest absolute Gasteiger partial charge is 0.359 e. The van der Waals surface area contributed by atoms with E-state index in [2.05, 4.69) is 10.6 Å². The van der Waals surface area contributed by atoms with Gasteiger partial charge < -0.3 is 15.5 Å². The summed E-state index contributed by atoms with van der Waals surface area (Å²) < 4.78 is 0. The molecule has 1 aliphatic heterocycles. The predicted octanol–water partition coefficient (Wildman–Crippen LogP) is 0.358. The van der Waals surface area contributed by atoms with Gasteiger partial charge in [-0.15, -0.1) is 0 Å². The predicted molar refractivity (Wildman–Crippen MR) is 71.1 cm³/mol.